The van der Waals surface area contributed by atoms with Crippen LogP contribution < -0.4 is 21.3 Å². The molecule has 8 nitrogen and oxygen atoms in total. The summed E-state index contributed by atoms with van der Waals surface area (Å²) in [6.07, 6.45) is -3.56. The summed E-state index contributed by atoms with van der Waals surface area (Å²) >= 11 is 0. The van der Waals surface area contributed by atoms with E-state index in [1.165, 1.54) is 30.9 Å². The van der Waals surface area contributed by atoms with E-state index in [4.69, 9.17) is 0 Å². The third-order valence-electron chi connectivity index (χ3n) is 3.90. The highest BCUT2D eigenvalue weighted by atomic mass is 19.4. The average molecular weight is 394 g/mol. The van der Waals surface area contributed by atoms with Gasteiger partial charge in [0.15, 0.2) is 0 Å². The van der Waals surface area contributed by atoms with Crippen LogP contribution in [-0.4, -0.2) is 26.4 Å². The SMILES string of the molecule is Cn1c(=O)c2cc(NC(=O)c3ccc(OC(F)(F)F)cc3)cnc2n(C)c1=O. The summed E-state index contributed by atoms with van der Waals surface area (Å²) < 4.78 is 42.4. The van der Waals surface area contributed by atoms with Crippen molar-refractivity contribution in [1.82, 2.24) is 14.1 Å². The van der Waals surface area contributed by atoms with Crippen molar-refractivity contribution in [1.29, 1.82) is 0 Å². The number of fused-ring (bicyclic) bond motifs is 1. The zero-order chi connectivity index (χ0) is 20.6. The van der Waals surface area contributed by atoms with Crippen LogP contribution >= 0.6 is 0 Å². The Morgan fingerprint density at radius 2 is 1.75 bits per heavy atom. The van der Waals surface area contributed by atoms with Crippen LogP contribution in [0.25, 0.3) is 11.0 Å². The van der Waals surface area contributed by atoms with Crippen molar-refractivity contribution in [3.05, 3.63) is 62.9 Å². The van der Waals surface area contributed by atoms with Gasteiger partial charge in [-0.15, -0.1) is 13.2 Å². The van der Waals surface area contributed by atoms with Crippen molar-refractivity contribution in [2.75, 3.05) is 5.32 Å². The number of carbonyl (C=O) groups excluding carboxylic acids is 1. The number of amides is 1. The first-order valence-electron chi connectivity index (χ1n) is 7.80. The number of aromatic nitrogens is 3. The lowest BCUT2D eigenvalue weighted by molar-refractivity contribution is -0.274. The fourth-order valence-corrected chi connectivity index (χ4v) is 2.54. The Morgan fingerprint density at radius 1 is 1.11 bits per heavy atom. The number of nitrogens with zero attached hydrogens (tertiary/aromatic N) is 3. The lowest BCUT2D eigenvalue weighted by atomic mass is 10.2. The van der Waals surface area contributed by atoms with E-state index < -0.39 is 29.3 Å². The number of alkyl halides is 3. The fraction of sp³-hybridized carbons (Fsp3) is 0.176. The van der Waals surface area contributed by atoms with Gasteiger partial charge in [0.2, 0.25) is 0 Å². The van der Waals surface area contributed by atoms with Crippen molar-refractivity contribution in [2.24, 2.45) is 14.1 Å². The maximum atomic E-state index is 12.3. The monoisotopic (exact) mass is 394 g/mol. The van der Waals surface area contributed by atoms with Crippen LogP contribution in [0.2, 0.25) is 0 Å². The van der Waals surface area contributed by atoms with Gasteiger partial charge in [-0.1, -0.05) is 0 Å². The minimum Gasteiger partial charge on any atom is -0.406 e. The van der Waals surface area contributed by atoms with Crippen molar-refractivity contribution < 1.29 is 22.7 Å². The van der Waals surface area contributed by atoms with Gasteiger partial charge in [0, 0.05) is 19.7 Å². The normalized spacial score (nSPS) is 11.5. The number of hydrogen-bond acceptors (Lipinski definition) is 5. The molecule has 0 bridgehead atoms. The second-order valence-electron chi connectivity index (χ2n) is 5.83. The van der Waals surface area contributed by atoms with Crippen molar-refractivity contribution in [3.63, 3.8) is 0 Å². The second-order valence-corrected chi connectivity index (χ2v) is 5.83. The minimum atomic E-state index is -4.83. The van der Waals surface area contributed by atoms with Crippen LogP contribution in [0.5, 0.6) is 5.75 Å². The van der Waals surface area contributed by atoms with Gasteiger partial charge >= 0.3 is 12.1 Å². The van der Waals surface area contributed by atoms with Crippen LogP contribution in [0, 0.1) is 0 Å². The summed E-state index contributed by atoms with van der Waals surface area (Å²) in [6.45, 7) is 0. The summed E-state index contributed by atoms with van der Waals surface area (Å²) in [7, 11) is 2.78. The summed E-state index contributed by atoms with van der Waals surface area (Å²) in [5.74, 6) is -1.08. The zero-order valence-electron chi connectivity index (χ0n) is 14.6. The quantitative estimate of drug-likeness (QED) is 0.731. The Kier molecular flexibility index (Phi) is 4.67. The molecule has 146 valence electrons. The molecule has 0 fully saturated rings. The average Bonchev–Trinajstić information content (AvgIpc) is 2.64. The fourth-order valence-electron chi connectivity index (χ4n) is 2.54. The number of pyridine rings is 1. The van der Waals surface area contributed by atoms with Crippen LogP contribution in [0.15, 0.2) is 46.1 Å². The number of anilines is 1. The molecule has 1 N–H and O–H groups in total. The molecule has 0 radical (unpaired) electrons. The largest absolute Gasteiger partial charge is 0.573 e. The molecule has 0 saturated heterocycles. The van der Waals surface area contributed by atoms with Crippen LogP contribution in [0.1, 0.15) is 10.4 Å². The first kappa shape index (κ1) is 19.1. The standard InChI is InChI=1S/C17H13F3N4O4/c1-23-13-12(15(26)24(2)16(23)27)7-10(8-21-13)22-14(25)9-3-5-11(6-4-9)28-17(18,19)20/h3-8H,1-2H3,(H,22,25). The van der Waals surface area contributed by atoms with E-state index in [1.54, 1.807) is 0 Å². The Hall–Kier alpha value is -3.63. The van der Waals surface area contributed by atoms with Gasteiger partial charge in [-0.05, 0) is 30.3 Å². The molecule has 0 spiro atoms. The second kappa shape index (κ2) is 6.83. The first-order valence-corrected chi connectivity index (χ1v) is 7.80. The molecule has 0 aliphatic rings. The maximum Gasteiger partial charge on any atom is 0.573 e. The maximum absolute atomic E-state index is 12.3. The molecule has 2 aromatic heterocycles. The van der Waals surface area contributed by atoms with Gasteiger partial charge in [-0.3, -0.25) is 18.7 Å². The van der Waals surface area contributed by atoms with Crippen LogP contribution in [-0.2, 0) is 14.1 Å². The smallest absolute Gasteiger partial charge is 0.406 e. The van der Waals surface area contributed by atoms with Crippen molar-refractivity contribution >= 4 is 22.6 Å². The Labute approximate surface area is 154 Å². The molecule has 2 heterocycles. The molecule has 0 aliphatic heterocycles. The number of aryl methyl sites for hydroxylation is 1. The number of ether oxygens (including phenoxy) is 1. The van der Waals surface area contributed by atoms with E-state index in [-0.39, 0.29) is 22.3 Å². The summed E-state index contributed by atoms with van der Waals surface area (Å²) in [4.78, 5) is 40.5. The van der Waals surface area contributed by atoms with Gasteiger partial charge in [0.05, 0.1) is 17.3 Å². The number of hydrogen-bond donors (Lipinski definition) is 1. The Morgan fingerprint density at radius 3 is 2.36 bits per heavy atom. The number of nitrogens with one attached hydrogen (secondary N) is 1. The number of halogens is 3. The number of benzene rings is 1. The van der Waals surface area contributed by atoms with E-state index >= 15 is 0 Å². The molecule has 0 unspecified atom stereocenters. The summed E-state index contributed by atoms with van der Waals surface area (Å²) in [5, 5.41) is 2.62. The van der Waals surface area contributed by atoms with E-state index in [0.717, 1.165) is 28.8 Å². The van der Waals surface area contributed by atoms with Gasteiger partial charge in [-0.25, -0.2) is 9.78 Å². The highest BCUT2D eigenvalue weighted by Crippen LogP contribution is 2.23. The zero-order valence-corrected chi connectivity index (χ0v) is 14.6. The van der Waals surface area contributed by atoms with Crippen LogP contribution in [0.3, 0.4) is 0 Å². The predicted molar refractivity (Wildman–Crippen MR) is 93.3 cm³/mol. The molecule has 0 aliphatic carbocycles. The molecule has 1 amide bonds. The highest BCUT2D eigenvalue weighted by molar-refractivity contribution is 6.04. The van der Waals surface area contributed by atoms with E-state index in [0.29, 0.717) is 0 Å². The van der Waals surface area contributed by atoms with E-state index in [9.17, 15) is 27.6 Å². The number of carbonyl (C=O) groups is 1. The molecule has 0 atom stereocenters. The molecule has 28 heavy (non-hydrogen) atoms. The lowest BCUT2D eigenvalue weighted by Gasteiger charge is -2.10. The molecule has 3 aromatic rings. The summed E-state index contributed by atoms with van der Waals surface area (Å²) in [5.41, 5.74) is -0.704. The molecule has 0 saturated carbocycles. The lowest BCUT2D eigenvalue weighted by Crippen LogP contribution is -2.37. The molecule has 3 rings (SSSR count). The predicted octanol–water partition coefficient (Wildman–Crippen LogP) is 1.78. The molecule has 1 aromatic carbocycles. The van der Waals surface area contributed by atoms with Gasteiger partial charge < -0.3 is 10.1 Å². The molecular formula is C17H13F3N4O4. The Balaban J connectivity index is 1.87. The minimum absolute atomic E-state index is 0.0722. The first-order chi connectivity index (χ1) is 13.1. The van der Waals surface area contributed by atoms with Crippen molar-refractivity contribution in [3.8, 4) is 5.75 Å². The highest BCUT2D eigenvalue weighted by Gasteiger charge is 2.31. The van der Waals surface area contributed by atoms with Gasteiger partial charge in [0.1, 0.15) is 11.4 Å². The van der Waals surface area contributed by atoms with Gasteiger partial charge in [-0.2, -0.15) is 0 Å². The Bertz CT molecular complexity index is 1180. The molecule has 11 heteroatoms. The number of rotatable bonds is 3. The molecular weight excluding hydrogens is 381 g/mol. The third kappa shape index (κ3) is 3.72. The topological polar surface area (TPSA) is 95.2 Å². The third-order valence-corrected chi connectivity index (χ3v) is 3.90. The summed E-state index contributed by atoms with van der Waals surface area (Å²) in [6, 6.07) is 5.70. The van der Waals surface area contributed by atoms with Gasteiger partial charge in [0.25, 0.3) is 11.5 Å². The van der Waals surface area contributed by atoms with Crippen molar-refractivity contribution in [2.45, 2.75) is 6.36 Å². The van der Waals surface area contributed by atoms with Crippen LogP contribution in [0.4, 0.5) is 18.9 Å². The van der Waals surface area contributed by atoms with E-state index in [1.807, 2.05) is 0 Å². The van der Waals surface area contributed by atoms with E-state index in [2.05, 4.69) is 15.0 Å².